The second-order valence-electron chi connectivity index (χ2n) is 6.23. The second kappa shape index (κ2) is 8.72. The van der Waals surface area contributed by atoms with Gasteiger partial charge in [-0.05, 0) is 54.8 Å². The minimum absolute atomic E-state index is 0.0321. The Balaban J connectivity index is 1.92. The predicted octanol–water partition coefficient (Wildman–Crippen LogP) is 3.85. The van der Waals surface area contributed by atoms with E-state index in [0.717, 1.165) is 4.70 Å². The van der Waals surface area contributed by atoms with Crippen LogP contribution in [0.4, 0.5) is 11.4 Å². The van der Waals surface area contributed by atoms with E-state index in [0.29, 0.717) is 28.3 Å². The highest BCUT2D eigenvalue weighted by atomic mass is 32.2. The summed E-state index contributed by atoms with van der Waals surface area (Å²) < 4.78 is 39.2. The molecule has 0 bridgehead atoms. The van der Waals surface area contributed by atoms with E-state index in [-0.39, 0.29) is 16.5 Å². The van der Waals surface area contributed by atoms with Gasteiger partial charge in [-0.1, -0.05) is 0 Å². The third kappa shape index (κ3) is 4.71. The number of nitrogens with one attached hydrogen (secondary N) is 2. The number of thiophene rings is 1. The minimum Gasteiger partial charge on any atom is -0.492 e. The number of methoxy groups -OCH3 is 1. The monoisotopic (exact) mass is 448 g/mol. The molecule has 3 rings (SSSR count). The maximum absolute atomic E-state index is 12.9. The van der Waals surface area contributed by atoms with E-state index in [1.54, 1.807) is 31.2 Å². The number of anilines is 2. The van der Waals surface area contributed by atoms with E-state index in [1.165, 1.54) is 43.6 Å². The van der Waals surface area contributed by atoms with Crippen LogP contribution in [0.3, 0.4) is 0 Å². The molecule has 2 N–H and O–H groups in total. The lowest BCUT2D eigenvalue weighted by atomic mass is 10.2. The summed E-state index contributed by atoms with van der Waals surface area (Å²) >= 11 is 1.26. The summed E-state index contributed by atoms with van der Waals surface area (Å²) in [5, 5.41) is 3.29. The lowest BCUT2D eigenvalue weighted by molar-refractivity contribution is -0.114. The molecule has 0 fully saturated rings. The average Bonchev–Trinajstić information content (AvgIpc) is 3.11. The standard InChI is InChI=1S/C20H20N2O6S2/c1-4-28-17-7-6-15(11-16(17)21-12(2)23)30(25,26)22-14-5-8-18-13(9-14)10-19(29-18)20(24)27-3/h5-11,22H,4H2,1-3H3,(H,21,23). The van der Waals surface area contributed by atoms with E-state index in [2.05, 4.69) is 10.0 Å². The molecule has 1 amide bonds. The average molecular weight is 449 g/mol. The molecule has 0 aliphatic carbocycles. The quantitative estimate of drug-likeness (QED) is 0.531. The number of hydrogen-bond acceptors (Lipinski definition) is 7. The van der Waals surface area contributed by atoms with Gasteiger partial charge < -0.3 is 14.8 Å². The van der Waals surface area contributed by atoms with Crippen molar-refractivity contribution < 1.29 is 27.5 Å². The fourth-order valence-electron chi connectivity index (χ4n) is 2.77. The van der Waals surface area contributed by atoms with Crippen molar-refractivity contribution in [3.63, 3.8) is 0 Å². The molecule has 30 heavy (non-hydrogen) atoms. The number of esters is 1. The number of sulfonamides is 1. The molecule has 0 saturated carbocycles. The fraction of sp³-hybridized carbons (Fsp3) is 0.200. The Kier molecular flexibility index (Phi) is 6.28. The summed E-state index contributed by atoms with van der Waals surface area (Å²) in [5.41, 5.74) is 0.606. The summed E-state index contributed by atoms with van der Waals surface area (Å²) in [6, 6.07) is 10.9. The number of hydrogen-bond donors (Lipinski definition) is 2. The van der Waals surface area contributed by atoms with Gasteiger partial charge in [0, 0.05) is 17.3 Å². The number of amides is 1. The normalized spacial score (nSPS) is 11.2. The number of fused-ring (bicyclic) bond motifs is 1. The molecule has 0 aliphatic rings. The molecule has 0 aliphatic heterocycles. The second-order valence-corrected chi connectivity index (χ2v) is 9.00. The molecule has 2 aromatic carbocycles. The van der Waals surface area contributed by atoms with Crippen molar-refractivity contribution in [2.75, 3.05) is 23.8 Å². The van der Waals surface area contributed by atoms with Crippen LogP contribution in [-0.4, -0.2) is 34.0 Å². The van der Waals surface area contributed by atoms with Gasteiger partial charge in [-0.15, -0.1) is 11.3 Å². The maximum Gasteiger partial charge on any atom is 0.348 e. The Morgan fingerprint density at radius 2 is 1.87 bits per heavy atom. The largest absolute Gasteiger partial charge is 0.492 e. The summed E-state index contributed by atoms with van der Waals surface area (Å²) in [6.45, 7) is 3.48. The van der Waals surface area contributed by atoms with Crippen molar-refractivity contribution in [3.8, 4) is 5.75 Å². The third-order valence-electron chi connectivity index (χ3n) is 4.03. The van der Waals surface area contributed by atoms with Crippen LogP contribution >= 0.6 is 11.3 Å². The lowest BCUT2D eigenvalue weighted by Crippen LogP contribution is -2.14. The molecule has 8 nitrogen and oxygen atoms in total. The molecule has 10 heteroatoms. The van der Waals surface area contributed by atoms with Gasteiger partial charge in [0.25, 0.3) is 10.0 Å². The fourth-order valence-corrected chi connectivity index (χ4v) is 4.80. The van der Waals surface area contributed by atoms with Crippen LogP contribution in [0.15, 0.2) is 47.4 Å². The molecule has 1 aromatic heterocycles. The summed E-state index contributed by atoms with van der Waals surface area (Å²) in [4.78, 5) is 23.6. The van der Waals surface area contributed by atoms with Gasteiger partial charge in [-0.3, -0.25) is 9.52 Å². The number of carbonyl (C=O) groups excluding carboxylic acids is 2. The zero-order valence-electron chi connectivity index (χ0n) is 16.5. The van der Waals surface area contributed by atoms with E-state index in [9.17, 15) is 18.0 Å². The van der Waals surface area contributed by atoms with E-state index < -0.39 is 16.0 Å². The van der Waals surface area contributed by atoms with Crippen LogP contribution in [0, 0.1) is 0 Å². The topological polar surface area (TPSA) is 111 Å². The van der Waals surface area contributed by atoms with Crippen LogP contribution in [0.1, 0.15) is 23.5 Å². The Hall–Kier alpha value is -3.11. The first kappa shape index (κ1) is 21.6. The Morgan fingerprint density at radius 1 is 1.10 bits per heavy atom. The SMILES string of the molecule is CCOc1ccc(S(=O)(=O)Nc2ccc3sc(C(=O)OC)cc3c2)cc1NC(C)=O. The van der Waals surface area contributed by atoms with Gasteiger partial charge in [-0.25, -0.2) is 13.2 Å². The number of ether oxygens (including phenoxy) is 2. The van der Waals surface area contributed by atoms with Crippen molar-refractivity contribution in [1.82, 2.24) is 0 Å². The van der Waals surface area contributed by atoms with Gasteiger partial charge >= 0.3 is 5.97 Å². The highest BCUT2D eigenvalue weighted by Crippen LogP contribution is 2.31. The molecule has 0 saturated heterocycles. The zero-order chi connectivity index (χ0) is 21.9. The molecular formula is C20H20N2O6S2. The number of carbonyl (C=O) groups is 2. The van der Waals surface area contributed by atoms with Gasteiger partial charge in [0.15, 0.2) is 0 Å². The van der Waals surface area contributed by atoms with Crippen molar-refractivity contribution in [3.05, 3.63) is 47.3 Å². The Labute approximate surface area is 177 Å². The highest BCUT2D eigenvalue weighted by molar-refractivity contribution is 7.92. The summed E-state index contributed by atoms with van der Waals surface area (Å²) in [5.74, 6) is -0.414. The van der Waals surface area contributed by atoms with Crippen molar-refractivity contribution in [2.45, 2.75) is 18.7 Å². The van der Waals surface area contributed by atoms with Crippen molar-refractivity contribution in [1.29, 1.82) is 0 Å². The molecular weight excluding hydrogens is 428 g/mol. The lowest BCUT2D eigenvalue weighted by Gasteiger charge is -2.13. The molecule has 0 unspecified atom stereocenters. The van der Waals surface area contributed by atoms with Crippen LogP contribution in [0.25, 0.3) is 10.1 Å². The molecule has 0 atom stereocenters. The van der Waals surface area contributed by atoms with Crippen LogP contribution in [0.2, 0.25) is 0 Å². The first-order valence-corrected chi connectivity index (χ1v) is 11.2. The van der Waals surface area contributed by atoms with Gasteiger partial charge in [-0.2, -0.15) is 0 Å². The molecule has 158 valence electrons. The maximum atomic E-state index is 12.9. The van der Waals surface area contributed by atoms with Gasteiger partial charge in [0.05, 0.1) is 24.3 Å². The third-order valence-corrected chi connectivity index (χ3v) is 6.50. The molecule has 1 heterocycles. The Morgan fingerprint density at radius 3 is 2.53 bits per heavy atom. The first-order chi connectivity index (χ1) is 14.2. The van der Waals surface area contributed by atoms with Crippen LogP contribution in [-0.2, 0) is 19.6 Å². The van der Waals surface area contributed by atoms with Crippen molar-refractivity contribution >= 4 is 54.7 Å². The van der Waals surface area contributed by atoms with E-state index in [4.69, 9.17) is 9.47 Å². The first-order valence-electron chi connectivity index (χ1n) is 8.92. The van der Waals surface area contributed by atoms with Crippen LogP contribution < -0.4 is 14.8 Å². The minimum atomic E-state index is -3.93. The predicted molar refractivity (Wildman–Crippen MR) is 116 cm³/mol. The molecule has 0 radical (unpaired) electrons. The van der Waals surface area contributed by atoms with Gasteiger partial charge in [0.2, 0.25) is 5.91 Å². The van der Waals surface area contributed by atoms with E-state index >= 15 is 0 Å². The van der Waals surface area contributed by atoms with Crippen LogP contribution in [0.5, 0.6) is 5.75 Å². The summed E-state index contributed by atoms with van der Waals surface area (Å²) in [7, 11) is -2.63. The highest BCUT2D eigenvalue weighted by Gasteiger charge is 2.18. The Bertz CT molecular complexity index is 1220. The number of rotatable bonds is 7. The van der Waals surface area contributed by atoms with Crippen molar-refractivity contribution in [2.24, 2.45) is 0 Å². The summed E-state index contributed by atoms with van der Waals surface area (Å²) in [6.07, 6.45) is 0. The zero-order valence-corrected chi connectivity index (χ0v) is 18.1. The van der Waals surface area contributed by atoms with Gasteiger partial charge in [0.1, 0.15) is 10.6 Å². The number of benzene rings is 2. The molecule has 0 spiro atoms. The smallest absolute Gasteiger partial charge is 0.348 e. The van der Waals surface area contributed by atoms with E-state index in [1.807, 2.05) is 0 Å². The molecule has 3 aromatic rings.